The summed E-state index contributed by atoms with van der Waals surface area (Å²) >= 11 is 0. The van der Waals surface area contributed by atoms with Gasteiger partial charge in [0.15, 0.2) is 0 Å². The number of hydrogen-bond acceptors (Lipinski definition) is 2. The molecule has 1 aromatic rings. The van der Waals surface area contributed by atoms with Gasteiger partial charge in [0.05, 0.1) is 6.21 Å². The minimum Gasteiger partial charge on any atom is -0.292 e. The van der Waals surface area contributed by atoms with Crippen LogP contribution < -0.4 is 0 Å². The average molecular weight is 161 g/mol. The van der Waals surface area contributed by atoms with E-state index in [1.807, 2.05) is 25.1 Å². The van der Waals surface area contributed by atoms with Crippen molar-refractivity contribution in [2.75, 3.05) is 7.05 Å². The zero-order valence-electron chi connectivity index (χ0n) is 7.24. The first-order valence-corrected chi connectivity index (χ1v) is 3.77. The molecule has 0 aliphatic rings. The van der Waals surface area contributed by atoms with E-state index in [9.17, 15) is 4.79 Å². The maximum atomic E-state index is 11.2. The molecule has 0 aliphatic heterocycles. The van der Waals surface area contributed by atoms with Crippen LogP contribution in [0, 0.1) is 6.92 Å². The summed E-state index contributed by atoms with van der Waals surface area (Å²) in [4.78, 5) is 14.9. The standard InChI is InChI=1S/C10H11NO/c1-8-4-3-5-9(6-8)10(12)7-11-2/h3-7H,1-2H3/b11-7+. The van der Waals surface area contributed by atoms with E-state index in [0.29, 0.717) is 5.56 Å². The average Bonchev–Trinajstić information content (AvgIpc) is 2.05. The molecule has 0 unspecified atom stereocenters. The summed E-state index contributed by atoms with van der Waals surface area (Å²) in [6.45, 7) is 1.96. The monoisotopic (exact) mass is 161 g/mol. The lowest BCUT2D eigenvalue weighted by Crippen LogP contribution is -1.99. The lowest BCUT2D eigenvalue weighted by molar-refractivity contribution is 0.107. The van der Waals surface area contributed by atoms with E-state index in [4.69, 9.17) is 0 Å². The van der Waals surface area contributed by atoms with Gasteiger partial charge in [-0.15, -0.1) is 0 Å². The van der Waals surface area contributed by atoms with Crippen molar-refractivity contribution in [3.05, 3.63) is 35.4 Å². The lowest BCUT2D eigenvalue weighted by Gasteiger charge is -1.95. The third-order valence-electron chi connectivity index (χ3n) is 1.55. The molecule has 1 rings (SSSR count). The van der Waals surface area contributed by atoms with Crippen molar-refractivity contribution in [1.82, 2.24) is 0 Å². The van der Waals surface area contributed by atoms with E-state index in [1.165, 1.54) is 6.21 Å². The van der Waals surface area contributed by atoms with Gasteiger partial charge >= 0.3 is 0 Å². The van der Waals surface area contributed by atoms with E-state index >= 15 is 0 Å². The molecule has 2 heteroatoms. The molecule has 0 aliphatic carbocycles. The molecule has 12 heavy (non-hydrogen) atoms. The Morgan fingerprint density at radius 1 is 1.50 bits per heavy atom. The number of ketones is 1. The second kappa shape index (κ2) is 3.81. The van der Waals surface area contributed by atoms with Gasteiger partial charge in [-0.05, 0) is 13.0 Å². The number of hydrogen-bond donors (Lipinski definition) is 0. The predicted molar refractivity (Wildman–Crippen MR) is 49.9 cm³/mol. The molecule has 0 saturated carbocycles. The van der Waals surface area contributed by atoms with Crippen LogP contribution in [-0.4, -0.2) is 19.0 Å². The van der Waals surface area contributed by atoms with Crippen molar-refractivity contribution in [1.29, 1.82) is 0 Å². The molecule has 0 radical (unpaired) electrons. The second-order valence-electron chi connectivity index (χ2n) is 2.62. The van der Waals surface area contributed by atoms with Gasteiger partial charge in [-0.3, -0.25) is 9.79 Å². The first-order valence-electron chi connectivity index (χ1n) is 3.77. The number of nitrogens with zero attached hydrogens (tertiary/aromatic N) is 1. The minimum atomic E-state index is -0.0406. The maximum Gasteiger partial charge on any atom is 0.203 e. The van der Waals surface area contributed by atoms with E-state index in [1.54, 1.807) is 13.1 Å². The molecule has 0 spiro atoms. The van der Waals surface area contributed by atoms with Crippen LogP contribution in [0.3, 0.4) is 0 Å². The van der Waals surface area contributed by atoms with E-state index in [2.05, 4.69) is 4.99 Å². The van der Waals surface area contributed by atoms with Gasteiger partial charge in [-0.25, -0.2) is 0 Å². The van der Waals surface area contributed by atoms with Gasteiger partial charge < -0.3 is 0 Å². The normalized spacial score (nSPS) is 10.5. The number of aliphatic imine (C=N–C) groups is 1. The molecular weight excluding hydrogens is 150 g/mol. The number of benzene rings is 1. The Morgan fingerprint density at radius 3 is 2.83 bits per heavy atom. The van der Waals surface area contributed by atoms with Crippen molar-refractivity contribution >= 4 is 12.0 Å². The molecule has 1 aromatic carbocycles. The Kier molecular flexibility index (Phi) is 2.75. The Bertz CT molecular complexity index is 315. The van der Waals surface area contributed by atoms with Crippen molar-refractivity contribution in [2.45, 2.75) is 6.92 Å². The summed E-state index contributed by atoms with van der Waals surface area (Å²) in [6, 6.07) is 7.47. The smallest absolute Gasteiger partial charge is 0.203 e. The highest BCUT2D eigenvalue weighted by Gasteiger charge is 2.00. The summed E-state index contributed by atoms with van der Waals surface area (Å²) in [5.41, 5.74) is 1.78. The molecule has 0 amide bonds. The van der Waals surface area contributed by atoms with Crippen LogP contribution in [-0.2, 0) is 0 Å². The fourth-order valence-electron chi connectivity index (χ4n) is 0.990. The van der Waals surface area contributed by atoms with Gasteiger partial charge in [0, 0.05) is 12.6 Å². The van der Waals surface area contributed by atoms with Crippen LogP contribution in [0.2, 0.25) is 0 Å². The van der Waals surface area contributed by atoms with Crippen molar-refractivity contribution in [2.24, 2.45) is 4.99 Å². The Hall–Kier alpha value is -1.44. The van der Waals surface area contributed by atoms with Crippen LogP contribution in [0.15, 0.2) is 29.3 Å². The van der Waals surface area contributed by atoms with E-state index in [0.717, 1.165) is 5.56 Å². The van der Waals surface area contributed by atoms with E-state index in [-0.39, 0.29) is 5.78 Å². The summed E-state index contributed by atoms with van der Waals surface area (Å²) in [5.74, 6) is -0.0406. The van der Waals surface area contributed by atoms with Crippen molar-refractivity contribution in [3.8, 4) is 0 Å². The van der Waals surface area contributed by atoms with E-state index < -0.39 is 0 Å². The summed E-state index contributed by atoms with van der Waals surface area (Å²) < 4.78 is 0. The van der Waals surface area contributed by atoms with Crippen molar-refractivity contribution < 1.29 is 4.79 Å². The Morgan fingerprint density at radius 2 is 2.25 bits per heavy atom. The predicted octanol–water partition coefficient (Wildman–Crippen LogP) is 1.88. The lowest BCUT2D eigenvalue weighted by atomic mass is 10.1. The largest absolute Gasteiger partial charge is 0.292 e. The molecule has 0 aromatic heterocycles. The summed E-state index contributed by atoms with van der Waals surface area (Å²) in [7, 11) is 1.59. The zero-order chi connectivity index (χ0) is 8.97. The topological polar surface area (TPSA) is 29.4 Å². The summed E-state index contributed by atoms with van der Waals surface area (Å²) in [6.07, 6.45) is 1.33. The maximum absolute atomic E-state index is 11.2. The van der Waals surface area contributed by atoms with Gasteiger partial charge in [-0.1, -0.05) is 23.8 Å². The number of carbonyl (C=O) groups excluding carboxylic acids is 1. The van der Waals surface area contributed by atoms with Crippen LogP contribution in [0.25, 0.3) is 0 Å². The molecule has 0 bridgehead atoms. The Labute approximate surface area is 71.9 Å². The van der Waals surface area contributed by atoms with Crippen LogP contribution in [0.5, 0.6) is 0 Å². The first-order chi connectivity index (χ1) is 5.74. The fraction of sp³-hybridized carbons (Fsp3) is 0.200. The van der Waals surface area contributed by atoms with Gasteiger partial charge in [0.1, 0.15) is 0 Å². The Balaban J connectivity index is 2.96. The molecule has 62 valence electrons. The number of rotatable bonds is 2. The third kappa shape index (κ3) is 2.02. The number of carbonyl (C=O) groups is 1. The zero-order valence-corrected chi connectivity index (χ0v) is 7.24. The first kappa shape index (κ1) is 8.65. The molecular formula is C10H11NO. The fourth-order valence-corrected chi connectivity index (χ4v) is 0.990. The molecule has 2 nitrogen and oxygen atoms in total. The van der Waals surface area contributed by atoms with Gasteiger partial charge in [0.25, 0.3) is 0 Å². The van der Waals surface area contributed by atoms with Gasteiger partial charge in [0.2, 0.25) is 5.78 Å². The highest BCUT2D eigenvalue weighted by atomic mass is 16.1. The second-order valence-corrected chi connectivity index (χ2v) is 2.62. The molecule has 0 atom stereocenters. The van der Waals surface area contributed by atoms with Crippen LogP contribution in [0.4, 0.5) is 0 Å². The van der Waals surface area contributed by atoms with Crippen LogP contribution in [0.1, 0.15) is 15.9 Å². The number of aryl methyl sites for hydroxylation is 1. The molecule has 0 fully saturated rings. The number of Topliss-reactive ketones (excluding diaryl/α,β-unsaturated/α-hetero) is 1. The van der Waals surface area contributed by atoms with Crippen LogP contribution >= 0.6 is 0 Å². The molecule has 0 heterocycles. The van der Waals surface area contributed by atoms with Gasteiger partial charge in [-0.2, -0.15) is 0 Å². The summed E-state index contributed by atoms with van der Waals surface area (Å²) in [5, 5.41) is 0. The highest BCUT2D eigenvalue weighted by molar-refractivity contribution is 6.35. The minimum absolute atomic E-state index is 0.0406. The molecule has 0 N–H and O–H groups in total. The SMILES string of the molecule is C/N=C/C(=O)c1cccc(C)c1. The van der Waals surface area contributed by atoms with Crippen molar-refractivity contribution in [3.63, 3.8) is 0 Å². The molecule has 0 saturated heterocycles. The highest BCUT2D eigenvalue weighted by Crippen LogP contribution is 2.03. The third-order valence-corrected chi connectivity index (χ3v) is 1.55. The quantitative estimate of drug-likeness (QED) is 0.481.